The minimum atomic E-state index is 0.149. The van der Waals surface area contributed by atoms with Crippen molar-refractivity contribution in [2.75, 3.05) is 32.7 Å². The van der Waals surface area contributed by atoms with Gasteiger partial charge >= 0.3 is 0 Å². The maximum atomic E-state index is 12.4. The topological polar surface area (TPSA) is 23.6 Å². The summed E-state index contributed by atoms with van der Waals surface area (Å²) < 4.78 is 0.958. The molecule has 0 spiro atoms. The number of hydrogen-bond acceptors (Lipinski definition) is 2. The number of hydrogen-bond donors (Lipinski definition) is 0. The predicted octanol–water partition coefficient (Wildman–Crippen LogP) is 3.01. The van der Waals surface area contributed by atoms with Crippen LogP contribution in [0.15, 0.2) is 28.7 Å². The van der Waals surface area contributed by atoms with Gasteiger partial charge < -0.3 is 4.90 Å². The Morgan fingerprint density at radius 2 is 2.00 bits per heavy atom. The second kappa shape index (κ2) is 7.06. The Bertz CT molecular complexity index is 428. The summed E-state index contributed by atoms with van der Waals surface area (Å²) in [6.07, 6.45) is 2.48. The van der Waals surface area contributed by atoms with Crippen molar-refractivity contribution >= 4 is 21.8 Å². The number of unbranched alkanes of at least 4 members (excludes halogenated alkanes) is 1. The van der Waals surface area contributed by atoms with E-state index in [1.165, 1.54) is 12.8 Å². The Morgan fingerprint density at radius 3 is 2.63 bits per heavy atom. The highest BCUT2D eigenvalue weighted by molar-refractivity contribution is 9.10. The van der Waals surface area contributed by atoms with Gasteiger partial charge in [0.05, 0.1) is 0 Å². The lowest BCUT2D eigenvalue weighted by Crippen LogP contribution is -2.48. The van der Waals surface area contributed by atoms with Gasteiger partial charge in [-0.05, 0) is 31.2 Å². The summed E-state index contributed by atoms with van der Waals surface area (Å²) in [5, 5.41) is 0. The van der Waals surface area contributed by atoms with Gasteiger partial charge in [0.1, 0.15) is 0 Å². The SMILES string of the molecule is CCCCN1CCN(C(=O)c2cccc(Br)c2)CC1. The number of benzene rings is 1. The second-order valence-electron chi connectivity index (χ2n) is 5.00. The number of amides is 1. The molecule has 0 saturated carbocycles. The molecule has 4 heteroatoms. The number of piperazine rings is 1. The largest absolute Gasteiger partial charge is 0.336 e. The number of nitrogens with zero attached hydrogens (tertiary/aromatic N) is 2. The Kier molecular flexibility index (Phi) is 5.40. The zero-order chi connectivity index (χ0) is 13.7. The molecule has 1 aliphatic heterocycles. The van der Waals surface area contributed by atoms with Gasteiger partial charge in [-0.2, -0.15) is 0 Å². The van der Waals surface area contributed by atoms with Crippen molar-refractivity contribution in [3.05, 3.63) is 34.3 Å². The van der Waals surface area contributed by atoms with Gasteiger partial charge in [0.25, 0.3) is 5.91 Å². The van der Waals surface area contributed by atoms with Crippen molar-refractivity contribution < 1.29 is 4.79 Å². The first-order chi connectivity index (χ1) is 9.20. The Hall–Kier alpha value is -0.870. The van der Waals surface area contributed by atoms with Crippen molar-refractivity contribution in [1.82, 2.24) is 9.80 Å². The van der Waals surface area contributed by atoms with Crippen molar-refractivity contribution in [3.63, 3.8) is 0 Å². The monoisotopic (exact) mass is 324 g/mol. The van der Waals surface area contributed by atoms with Crippen molar-refractivity contribution in [1.29, 1.82) is 0 Å². The third-order valence-electron chi connectivity index (χ3n) is 3.56. The molecule has 1 fully saturated rings. The molecule has 0 radical (unpaired) electrons. The van der Waals surface area contributed by atoms with Crippen LogP contribution in [0.5, 0.6) is 0 Å². The normalized spacial score (nSPS) is 16.6. The van der Waals surface area contributed by atoms with Crippen LogP contribution in [0, 0.1) is 0 Å². The minimum Gasteiger partial charge on any atom is -0.336 e. The molecule has 3 nitrogen and oxygen atoms in total. The number of carbonyl (C=O) groups excluding carboxylic acids is 1. The molecule has 0 aliphatic carbocycles. The number of carbonyl (C=O) groups is 1. The average molecular weight is 325 g/mol. The molecule has 1 heterocycles. The van der Waals surface area contributed by atoms with Gasteiger partial charge in [-0.1, -0.05) is 35.3 Å². The van der Waals surface area contributed by atoms with Gasteiger partial charge in [-0.15, -0.1) is 0 Å². The molecular weight excluding hydrogens is 304 g/mol. The van der Waals surface area contributed by atoms with Crippen molar-refractivity contribution in [3.8, 4) is 0 Å². The van der Waals surface area contributed by atoms with E-state index in [2.05, 4.69) is 27.8 Å². The minimum absolute atomic E-state index is 0.149. The number of rotatable bonds is 4. The zero-order valence-electron chi connectivity index (χ0n) is 11.4. The van der Waals surface area contributed by atoms with E-state index in [0.717, 1.165) is 42.8 Å². The highest BCUT2D eigenvalue weighted by Gasteiger charge is 2.21. The maximum absolute atomic E-state index is 12.4. The van der Waals surface area contributed by atoms with E-state index in [9.17, 15) is 4.79 Å². The molecule has 1 saturated heterocycles. The summed E-state index contributed by atoms with van der Waals surface area (Å²) in [4.78, 5) is 16.8. The highest BCUT2D eigenvalue weighted by atomic mass is 79.9. The molecule has 19 heavy (non-hydrogen) atoms. The third kappa shape index (κ3) is 4.05. The van der Waals surface area contributed by atoms with Crippen LogP contribution in [-0.2, 0) is 0 Å². The van der Waals surface area contributed by atoms with E-state index in [1.807, 2.05) is 29.2 Å². The van der Waals surface area contributed by atoms with E-state index in [1.54, 1.807) is 0 Å². The van der Waals surface area contributed by atoms with Gasteiger partial charge in [0.2, 0.25) is 0 Å². The van der Waals surface area contributed by atoms with Gasteiger partial charge in [0, 0.05) is 36.2 Å². The average Bonchev–Trinajstić information content (AvgIpc) is 2.45. The smallest absolute Gasteiger partial charge is 0.253 e. The molecule has 0 N–H and O–H groups in total. The Morgan fingerprint density at radius 1 is 1.26 bits per heavy atom. The van der Waals surface area contributed by atoms with Crippen LogP contribution in [-0.4, -0.2) is 48.4 Å². The molecule has 104 valence electrons. The molecule has 1 aromatic carbocycles. The Balaban J connectivity index is 1.89. The maximum Gasteiger partial charge on any atom is 0.253 e. The first kappa shape index (κ1) is 14.5. The van der Waals surface area contributed by atoms with E-state index in [4.69, 9.17) is 0 Å². The van der Waals surface area contributed by atoms with Crippen LogP contribution in [0.3, 0.4) is 0 Å². The molecule has 2 rings (SSSR count). The molecule has 1 aromatic rings. The van der Waals surface area contributed by atoms with E-state index >= 15 is 0 Å². The summed E-state index contributed by atoms with van der Waals surface area (Å²) in [5.41, 5.74) is 0.774. The lowest BCUT2D eigenvalue weighted by Gasteiger charge is -2.34. The molecule has 0 bridgehead atoms. The summed E-state index contributed by atoms with van der Waals surface area (Å²) in [6, 6.07) is 7.64. The Labute approximate surface area is 123 Å². The third-order valence-corrected chi connectivity index (χ3v) is 4.05. The summed E-state index contributed by atoms with van der Waals surface area (Å²) in [7, 11) is 0. The van der Waals surface area contributed by atoms with Gasteiger partial charge in [-0.3, -0.25) is 9.69 Å². The molecule has 1 aliphatic rings. The quantitative estimate of drug-likeness (QED) is 0.850. The lowest BCUT2D eigenvalue weighted by molar-refractivity contribution is 0.0635. The lowest BCUT2D eigenvalue weighted by atomic mass is 10.2. The molecule has 0 atom stereocenters. The van der Waals surface area contributed by atoms with Crippen LogP contribution in [0.1, 0.15) is 30.1 Å². The van der Waals surface area contributed by atoms with Crippen LogP contribution in [0.2, 0.25) is 0 Å². The molecular formula is C15H21BrN2O. The van der Waals surface area contributed by atoms with E-state index in [0.29, 0.717) is 0 Å². The van der Waals surface area contributed by atoms with Crippen LogP contribution in [0.4, 0.5) is 0 Å². The first-order valence-electron chi connectivity index (χ1n) is 6.98. The second-order valence-corrected chi connectivity index (χ2v) is 5.91. The molecule has 0 unspecified atom stereocenters. The highest BCUT2D eigenvalue weighted by Crippen LogP contribution is 2.14. The molecule has 0 aromatic heterocycles. The van der Waals surface area contributed by atoms with Crippen molar-refractivity contribution in [2.24, 2.45) is 0 Å². The fourth-order valence-electron chi connectivity index (χ4n) is 2.36. The predicted molar refractivity (Wildman–Crippen MR) is 81.4 cm³/mol. The van der Waals surface area contributed by atoms with Crippen LogP contribution in [0.25, 0.3) is 0 Å². The van der Waals surface area contributed by atoms with Crippen LogP contribution >= 0.6 is 15.9 Å². The van der Waals surface area contributed by atoms with E-state index < -0.39 is 0 Å². The summed E-state index contributed by atoms with van der Waals surface area (Å²) in [6.45, 7) is 7.06. The molecule has 1 amide bonds. The van der Waals surface area contributed by atoms with E-state index in [-0.39, 0.29) is 5.91 Å². The van der Waals surface area contributed by atoms with Crippen LogP contribution < -0.4 is 0 Å². The number of halogens is 1. The summed E-state index contributed by atoms with van der Waals surface area (Å²) in [5.74, 6) is 0.149. The van der Waals surface area contributed by atoms with Crippen molar-refractivity contribution in [2.45, 2.75) is 19.8 Å². The zero-order valence-corrected chi connectivity index (χ0v) is 13.0. The fraction of sp³-hybridized carbons (Fsp3) is 0.533. The first-order valence-corrected chi connectivity index (χ1v) is 7.77. The van der Waals surface area contributed by atoms with Gasteiger partial charge in [0.15, 0.2) is 0 Å². The standard InChI is InChI=1S/C15H21BrN2O/c1-2-3-7-17-8-10-18(11-9-17)15(19)13-5-4-6-14(16)12-13/h4-6,12H,2-3,7-11H2,1H3. The fourth-order valence-corrected chi connectivity index (χ4v) is 2.76. The van der Waals surface area contributed by atoms with Gasteiger partial charge in [-0.25, -0.2) is 0 Å². The summed E-state index contributed by atoms with van der Waals surface area (Å²) >= 11 is 3.41.